The molecule has 26 heavy (non-hydrogen) atoms. The summed E-state index contributed by atoms with van der Waals surface area (Å²) in [7, 11) is 1.66. The SMILES string of the molecule is COc1ccc(N2CCCC[C@@]2(C(=O)OC(C)C)c2ccccc2)cc1. The predicted molar refractivity (Wildman–Crippen MR) is 104 cm³/mol. The lowest BCUT2D eigenvalue weighted by atomic mass is 9.79. The van der Waals surface area contributed by atoms with Gasteiger partial charge < -0.3 is 14.4 Å². The molecule has 1 atom stereocenters. The summed E-state index contributed by atoms with van der Waals surface area (Å²) in [6, 6.07) is 17.9. The monoisotopic (exact) mass is 353 g/mol. The van der Waals surface area contributed by atoms with Crippen LogP contribution in [-0.4, -0.2) is 25.7 Å². The van der Waals surface area contributed by atoms with Gasteiger partial charge in [0.25, 0.3) is 0 Å². The lowest BCUT2D eigenvalue weighted by molar-refractivity contribution is -0.155. The van der Waals surface area contributed by atoms with Gasteiger partial charge in [0, 0.05) is 12.2 Å². The Balaban J connectivity index is 2.10. The minimum atomic E-state index is -0.793. The maximum Gasteiger partial charge on any atom is 0.336 e. The Morgan fingerprint density at radius 2 is 1.73 bits per heavy atom. The Bertz CT molecular complexity index is 727. The van der Waals surface area contributed by atoms with Gasteiger partial charge in [0.1, 0.15) is 5.75 Å². The summed E-state index contributed by atoms with van der Waals surface area (Å²) in [4.78, 5) is 15.6. The molecule has 0 saturated carbocycles. The van der Waals surface area contributed by atoms with E-state index in [0.717, 1.165) is 42.8 Å². The zero-order valence-electron chi connectivity index (χ0n) is 15.8. The van der Waals surface area contributed by atoms with Crippen LogP contribution in [0, 0.1) is 0 Å². The molecule has 1 aliphatic heterocycles. The lowest BCUT2D eigenvalue weighted by Crippen LogP contribution is -2.56. The summed E-state index contributed by atoms with van der Waals surface area (Å²) in [5.41, 5.74) is 1.20. The molecule has 0 radical (unpaired) electrons. The van der Waals surface area contributed by atoms with Gasteiger partial charge in [0.05, 0.1) is 13.2 Å². The maximum atomic E-state index is 13.3. The van der Waals surface area contributed by atoms with Crippen LogP contribution >= 0.6 is 0 Å². The van der Waals surface area contributed by atoms with Gasteiger partial charge in [-0.05, 0) is 62.9 Å². The standard InChI is InChI=1S/C22H27NO3/c1-17(2)26-21(24)22(18-9-5-4-6-10-18)15-7-8-16-23(22)19-11-13-20(25-3)14-12-19/h4-6,9-14,17H,7-8,15-16H2,1-3H3/t22-/m0/s1. The summed E-state index contributed by atoms with van der Waals surface area (Å²) >= 11 is 0. The smallest absolute Gasteiger partial charge is 0.336 e. The molecule has 2 aromatic rings. The predicted octanol–water partition coefficient (Wildman–Crippen LogP) is 4.53. The fourth-order valence-electron chi connectivity index (χ4n) is 3.74. The van der Waals surface area contributed by atoms with Crippen molar-refractivity contribution in [3.05, 3.63) is 60.2 Å². The second-order valence-electron chi connectivity index (χ2n) is 6.99. The molecule has 4 nitrogen and oxygen atoms in total. The van der Waals surface area contributed by atoms with Crippen molar-refractivity contribution >= 4 is 11.7 Å². The van der Waals surface area contributed by atoms with Crippen LogP contribution in [0.2, 0.25) is 0 Å². The maximum absolute atomic E-state index is 13.3. The summed E-state index contributed by atoms with van der Waals surface area (Å²) in [5, 5.41) is 0. The van der Waals surface area contributed by atoms with Gasteiger partial charge in [0.2, 0.25) is 0 Å². The number of piperidine rings is 1. The van der Waals surface area contributed by atoms with Crippen LogP contribution in [0.5, 0.6) is 5.75 Å². The van der Waals surface area contributed by atoms with Crippen LogP contribution in [-0.2, 0) is 15.1 Å². The first-order valence-electron chi connectivity index (χ1n) is 9.26. The van der Waals surface area contributed by atoms with Crippen LogP contribution in [0.25, 0.3) is 0 Å². The number of rotatable bonds is 5. The Morgan fingerprint density at radius 3 is 2.35 bits per heavy atom. The van der Waals surface area contributed by atoms with E-state index in [2.05, 4.69) is 4.90 Å². The molecule has 1 aliphatic rings. The minimum Gasteiger partial charge on any atom is -0.497 e. The molecule has 0 unspecified atom stereocenters. The number of carbonyl (C=O) groups is 1. The molecule has 1 saturated heterocycles. The highest BCUT2D eigenvalue weighted by atomic mass is 16.5. The fraction of sp³-hybridized carbons (Fsp3) is 0.409. The number of hydrogen-bond acceptors (Lipinski definition) is 4. The van der Waals surface area contributed by atoms with E-state index in [1.807, 2.05) is 68.4 Å². The van der Waals surface area contributed by atoms with Crippen LogP contribution in [0.1, 0.15) is 38.7 Å². The quantitative estimate of drug-likeness (QED) is 0.740. The molecular formula is C22H27NO3. The van der Waals surface area contributed by atoms with Crippen LogP contribution in [0.4, 0.5) is 5.69 Å². The van der Waals surface area contributed by atoms with Crippen molar-refractivity contribution in [2.75, 3.05) is 18.6 Å². The van der Waals surface area contributed by atoms with E-state index in [1.165, 1.54) is 0 Å². The molecule has 138 valence electrons. The zero-order chi connectivity index (χ0) is 18.6. The van der Waals surface area contributed by atoms with Gasteiger partial charge in [-0.15, -0.1) is 0 Å². The Labute approximate surface area is 155 Å². The summed E-state index contributed by atoms with van der Waals surface area (Å²) in [6.07, 6.45) is 2.64. The number of methoxy groups -OCH3 is 1. The summed E-state index contributed by atoms with van der Waals surface area (Å²) in [5.74, 6) is 0.634. The molecule has 3 rings (SSSR count). The second-order valence-corrected chi connectivity index (χ2v) is 6.99. The zero-order valence-corrected chi connectivity index (χ0v) is 15.8. The van der Waals surface area contributed by atoms with Crippen LogP contribution in [0.3, 0.4) is 0 Å². The average Bonchev–Trinajstić information content (AvgIpc) is 2.68. The van der Waals surface area contributed by atoms with Crippen LogP contribution < -0.4 is 9.64 Å². The Morgan fingerprint density at radius 1 is 1.04 bits per heavy atom. The van der Waals surface area contributed by atoms with Gasteiger partial charge >= 0.3 is 5.97 Å². The molecule has 0 N–H and O–H groups in total. The number of benzene rings is 2. The van der Waals surface area contributed by atoms with E-state index in [1.54, 1.807) is 7.11 Å². The fourth-order valence-corrected chi connectivity index (χ4v) is 3.74. The molecule has 0 amide bonds. The third-order valence-corrected chi connectivity index (χ3v) is 4.95. The molecule has 4 heteroatoms. The molecule has 0 bridgehead atoms. The van der Waals surface area contributed by atoms with E-state index in [9.17, 15) is 4.79 Å². The van der Waals surface area contributed by atoms with E-state index in [4.69, 9.17) is 9.47 Å². The van der Waals surface area contributed by atoms with Crippen molar-refractivity contribution in [1.82, 2.24) is 0 Å². The van der Waals surface area contributed by atoms with Gasteiger partial charge in [-0.3, -0.25) is 0 Å². The highest BCUT2D eigenvalue weighted by Gasteiger charge is 2.48. The van der Waals surface area contributed by atoms with E-state index in [-0.39, 0.29) is 12.1 Å². The van der Waals surface area contributed by atoms with Gasteiger partial charge in [0.15, 0.2) is 5.54 Å². The molecule has 0 aromatic heterocycles. The number of hydrogen-bond donors (Lipinski definition) is 0. The van der Waals surface area contributed by atoms with Crippen LogP contribution in [0.15, 0.2) is 54.6 Å². The van der Waals surface area contributed by atoms with Crippen molar-refractivity contribution in [3.8, 4) is 5.75 Å². The van der Waals surface area contributed by atoms with E-state index in [0.29, 0.717) is 0 Å². The van der Waals surface area contributed by atoms with Gasteiger partial charge in [-0.2, -0.15) is 0 Å². The largest absolute Gasteiger partial charge is 0.497 e. The van der Waals surface area contributed by atoms with Gasteiger partial charge in [-0.25, -0.2) is 4.79 Å². The number of carbonyl (C=O) groups excluding carboxylic acids is 1. The van der Waals surface area contributed by atoms with Crippen molar-refractivity contribution in [2.45, 2.75) is 44.8 Å². The van der Waals surface area contributed by atoms with Crippen molar-refractivity contribution in [3.63, 3.8) is 0 Å². The average molecular weight is 353 g/mol. The second kappa shape index (κ2) is 7.81. The molecule has 1 heterocycles. The normalized spacial score (nSPS) is 20.1. The first-order valence-corrected chi connectivity index (χ1v) is 9.26. The van der Waals surface area contributed by atoms with E-state index < -0.39 is 5.54 Å². The third kappa shape index (κ3) is 3.41. The summed E-state index contributed by atoms with van der Waals surface area (Å²) < 4.78 is 11.0. The van der Waals surface area contributed by atoms with Gasteiger partial charge in [-0.1, -0.05) is 30.3 Å². The highest BCUT2D eigenvalue weighted by molar-refractivity contribution is 5.87. The Hall–Kier alpha value is -2.49. The Kier molecular flexibility index (Phi) is 5.50. The van der Waals surface area contributed by atoms with Crippen molar-refractivity contribution in [2.24, 2.45) is 0 Å². The molecular weight excluding hydrogens is 326 g/mol. The molecule has 0 aliphatic carbocycles. The first-order chi connectivity index (χ1) is 12.6. The first kappa shape index (κ1) is 18.3. The lowest BCUT2D eigenvalue weighted by Gasteiger charge is -2.47. The number of esters is 1. The highest BCUT2D eigenvalue weighted by Crippen LogP contribution is 2.42. The number of anilines is 1. The summed E-state index contributed by atoms with van der Waals surface area (Å²) in [6.45, 7) is 4.61. The minimum absolute atomic E-state index is 0.150. The van der Waals surface area contributed by atoms with Crippen molar-refractivity contribution < 1.29 is 14.3 Å². The third-order valence-electron chi connectivity index (χ3n) is 4.95. The topological polar surface area (TPSA) is 38.8 Å². The molecule has 0 spiro atoms. The molecule has 1 fully saturated rings. The molecule has 2 aromatic carbocycles. The number of nitrogens with zero attached hydrogens (tertiary/aromatic N) is 1. The van der Waals surface area contributed by atoms with Crippen molar-refractivity contribution in [1.29, 1.82) is 0 Å². The number of ether oxygens (including phenoxy) is 2. The van der Waals surface area contributed by atoms with E-state index >= 15 is 0 Å².